The molecule has 2 aliphatic carbocycles. The van der Waals surface area contributed by atoms with E-state index in [9.17, 15) is 9.90 Å². The Morgan fingerprint density at radius 3 is 2.55 bits per heavy atom. The van der Waals surface area contributed by atoms with Crippen LogP contribution in [0.15, 0.2) is 24.3 Å². The van der Waals surface area contributed by atoms with E-state index in [1.54, 1.807) is 12.0 Å². The summed E-state index contributed by atoms with van der Waals surface area (Å²) in [6.45, 7) is -0.0601. The molecule has 2 saturated carbocycles. The van der Waals surface area contributed by atoms with Gasteiger partial charge in [-0.25, -0.2) is 0 Å². The lowest BCUT2D eigenvalue weighted by molar-refractivity contribution is -0.139. The van der Waals surface area contributed by atoms with Gasteiger partial charge in [-0.15, -0.1) is 0 Å². The Bertz CT molecular complexity index is 528. The summed E-state index contributed by atoms with van der Waals surface area (Å²) in [7, 11) is 3.45. The minimum absolute atomic E-state index is 0.0601. The van der Waals surface area contributed by atoms with Crippen molar-refractivity contribution in [2.45, 2.75) is 31.7 Å². The van der Waals surface area contributed by atoms with Gasteiger partial charge in [0, 0.05) is 13.0 Å². The third-order valence-corrected chi connectivity index (χ3v) is 5.54. The van der Waals surface area contributed by atoms with Gasteiger partial charge in [0.15, 0.2) is 0 Å². The zero-order valence-electron chi connectivity index (χ0n) is 13.4. The lowest BCUT2D eigenvalue weighted by Crippen LogP contribution is -2.39. The molecule has 2 bridgehead atoms. The van der Waals surface area contributed by atoms with Crippen molar-refractivity contribution in [3.63, 3.8) is 0 Å². The second-order valence-electron chi connectivity index (χ2n) is 6.70. The molecule has 0 saturated heterocycles. The minimum Gasteiger partial charge on any atom is -0.497 e. The molecule has 1 N–H and O–H groups in total. The van der Waals surface area contributed by atoms with Crippen LogP contribution in [0, 0.1) is 17.8 Å². The molecule has 0 aliphatic heterocycles. The lowest BCUT2D eigenvalue weighted by Gasteiger charge is -2.32. The quantitative estimate of drug-likeness (QED) is 0.909. The van der Waals surface area contributed by atoms with E-state index < -0.39 is 0 Å². The summed E-state index contributed by atoms with van der Waals surface area (Å²) >= 11 is 0. The zero-order valence-corrected chi connectivity index (χ0v) is 13.4. The van der Waals surface area contributed by atoms with E-state index in [2.05, 4.69) is 0 Å². The van der Waals surface area contributed by atoms with Gasteiger partial charge in [-0.3, -0.25) is 4.79 Å². The van der Waals surface area contributed by atoms with Crippen LogP contribution in [0.1, 0.15) is 37.3 Å². The Morgan fingerprint density at radius 2 is 2.05 bits per heavy atom. The summed E-state index contributed by atoms with van der Waals surface area (Å²) in [5.41, 5.74) is 0.947. The fourth-order valence-electron chi connectivity index (χ4n) is 4.24. The molecule has 2 aliphatic rings. The number of hydrogen-bond acceptors (Lipinski definition) is 3. The van der Waals surface area contributed by atoms with Crippen LogP contribution < -0.4 is 4.74 Å². The van der Waals surface area contributed by atoms with E-state index in [4.69, 9.17) is 4.74 Å². The maximum absolute atomic E-state index is 12.8. The Morgan fingerprint density at radius 1 is 1.32 bits per heavy atom. The molecule has 4 nitrogen and oxygen atoms in total. The third kappa shape index (κ3) is 2.72. The van der Waals surface area contributed by atoms with Crippen molar-refractivity contribution < 1.29 is 14.6 Å². The number of rotatable bonds is 5. The van der Waals surface area contributed by atoms with E-state index >= 15 is 0 Å². The first-order valence-corrected chi connectivity index (χ1v) is 8.15. The number of hydrogen-bond donors (Lipinski definition) is 1. The van der Waals surface area contributed by atoms with Crippen LogP contribution in [0.3, 0.4) is 0 Å². The first kappa shape index (κ1) is 15.3. The molecule has 0 spiro atoms. The highest BCUT2D eigenvalue weighted by molar-refractivity contribution is 5.80. The number of aliphatic hydroxyl groups excluding tert-OH is 1. The summed E-state index contributed by atoms with van der Waals surface area (Å²) in [5.74, 6) is 2.46. The van der Waals surface area contributed by atoms with Crippen molar-refractivity contribution >= 4 is 5.91 Å². The van der Waals surface area contributed by atoms with Gasteiger partial charge in [0.05, 0.1) is 19.8 Å². The van der Waals surface area contributed by atoms with Crippen LogP contribution in [-0.2, 0) is 4.79 Å². The normalized spacial score (nSPS) is 27.7. The highest BCUT2D eigenvalue weighted by Gasteiger charge is 2.44. The van der Waals surface area contributed by atoms with Crippen LogP contribution in [-0.4, -0.2) is 36.7 Å². The van der Waals surface area contributed by atoms with Crippen molar-refractivity contribution in [3.8, 4) is 5.75 Å². The van der Waals surface area contributed by atoms with Crippen molar-refractivity contribution in [1.82, 2.24) is 4.90 Å². The maximum Gasteiger partial charge on any atom is 0.226 e. The number of likely N-dealkylation sites (N-methyl/N-ethyl adjacent to an activating group) is 1. The van der Waals surface area contributed by atoms with E-state index in [-0.39, 0.29) is 24.5 Å². The number of methoxy groups -OCH3 is 1. The number of fused-ring (bicyclic) bond motifs is 2. The molecule has 2 fully saturated rings. The van der Waals surface area contributed by atoms with Crippen LogP contribution in [0.4, 0.5) is 0 Å². The average molecular weight is 303 g/mol. The molecule has 4 heteroatoms. The third-order valence-electron chi connectivity index (χ3n) is 5.54. The number of carbonyl (C=O) groups is 1. The first-order valence-electron chi connectivity index (χ1n) is 8.15. The van der Waals surface area contributed by atoms with Crippen molar-refractivity contribution in [1.29, 1.82) is 0 Å². The van der Waals surface area contributed by atoms with E-state index in [0.29, 0.717) is 5.92 Å². The van der Waals surface area contributed by atoms with Gasteiger partial charge in [0.2, 0.25) is 5.91 Å². The molecule has 0 aromatic heterocycles. The SMILES string of the molecule is COc1ccc([C@@H](CO)N(C)C(=O)[C@@H]2C[C@H]3CC[C@H]2C3)cc1. The largest absolute Gasteiger partial charge is 0.497 e. The highest BCUT2D eigenvalue weighted by atomic mass is 16.5. The van der Waals surface area contributed by atoms with Crippen LogP contribution in [0.25, 0.3) is 0 Å². The van der Waals surface area contributed by atoms with Crippen molar-refractivity contribution in [3.05, 3.63) is 29.8 Å². The summed E-state index contributed by atoms with van der Waals surface area (Å²) in [5, 5.41) is 9.77. The fourth-order valence-corrected chi connectivity index (χ4v) is 4.24. The number of benzene rings is 1. The first-order chi connectivity index (χ1) is 10.6. The average Bonchev–Trinajstić information content (AvgIpc) is 3.18. The second kappa shape index (κ2) is 6.29. The standard InChI is InChI=1S/C18H25NO3/c1-19(18(21)16-10-12-3-4-14(16)9-12)17(11-20)13-5-7-15(22-2)8-6-13/h5-8,12,14,16-17,20H,3-4,9-11H2,1-2H3/t12-,14-,16+,17+/m0/s1. The van der Waals surface area contributed by atoms with Crippen LogP contribution >= 0.6 is 0 Å². The number of aliphatic hydroxyl groups is 1. The Balaban J connectivity index is 1.73. The van der Waals surface area contributed by atoms with Gasteiger partial charge in [0.1, 0.15) is 5.75 Å². The molecule has 22 heavy (non-hydrogen) atoms. The Hall–Kier alpha value is -1.55. The molecule has 3 rings (SSSR count). The molecule has 120 valence electrons. The second-order valence-corrected chi connectivity index (χ2v) is 6.70. The van der Waals surface area contributed by atoms with E-state index in [0.717, 1.165) is 23.7 Å². The van der Waals surface area contributed by atoms with E-state index in [1.807, 2.05) is 31.3 Å². The summed E-state index contributed by atoms with van der Waals surface area (Å²) in [6, 6.07) is 7.30. The molecule has 4 atom stereocenters. The fraction of sp³-hybridized carbons (Fsp3) is 0.611. The predicted octanol–water partition coefficient (Wildman–Crippen LogP) is 2.62. The molecule has 1 aromatic rings. The summed E-state index contributed by atoms with van der Waals surface area (Å²) in [6.07, 6.45) is 4.74. The maximum atomic E-state index is 12.8. The van der Waals surface area contributed by atoms with Crippen molar-refractivity contribution in [2.75, 3.05) is 20.8 Å². The zero-order chi connectivity index (χ0) is 15.7. The molecular weight excluding hydrogens is 278 g/mol. The molecular formula is C18H25NO3. The topological polar surface area (TPSA) is 49.8 Å². The molecule has 1 amide bonds. The number of carbonyl (C=O) groups excluding carboxylic acids is 1. The Labute approximate surface area is 132 Å². The number of ether oxygens (including phenoxy) is 1. The van der Waals surface area contributed by atoms with Gasteiger partial charge in [0.25, 0.3) is 0 Å². The smallest absolute Gasteiger partial charge is 0.226 e. The Kier molecular flexibility index (Phi) is 4.39. The van der Waals surface area contributed by atoms with Gasteiger partial charge < -0.3 is 14.7 Å². The van der Waals surface area contributed by atoms with Crippen molar-refractivity contribution in [2.24, 2.45) is 17.8 Å². The van der Waals surface area contributed by atoms with Crippen LogP contribution in [0.5, 0.6) is 5.75 Å². The molecule has 0 heterocycles. The van der Waals surface area contributed by atoms with Crippen LogP contribution in [0.2, 0.25) is 0 Å². The molecule has 1 aromatic carbocycles. The summed E-state index contributed by atoms with van der Waals surface area (Å²) < 4.78 is 5.16. The molecule has 0 unspecified atom stereocenters. The highest BCUT2D eigenvalue weighted by Crippen LogP contribution is 2.49. The van der Waals surface area contributed by atoms with Gasteiger partial charge in [-0.2, -0.15) is 0 Å². The predicted molar refractivity (Wildman–Crippen MR) is 84.5 cm³/mol. The van der Waals surface area contributed by atoms with Gasteiger partial charge >= 0.3 is 0 Å². The number of nitrogens with zero attached hydrogens (tertiary/aromatic N) is 1. The molecule has 0 radical (unpaired) electrons. The van der Waals surface area contributed by atoms with Gasteiger partial charge in [-0.05, 0) is 48.8 Å². The lowest BCUT2D eigenvalue weighted by atomic mass is 9.87. The summed E-state index contributed by atoms with van der Waals surface area (Å²) in [4.78, 5) is 14.6. The van der Waals surface area contributed by atoms with E-state index in [1.165, 1.54) is 19.3 Å². The number of amides is 1. The van der Waals surface area contributed by atoms with Gasteiger partial charge in [-0.1, -0.05) is 18.6 Å². The minimum atomic E-state index is -0.280. The monoisotopic (exact) mass is 303 g/mol.